The third kappa shape index (κ3) is 4.71. The van der Waals surface area contributed by atoms with Crippen LogP contribution in [0, 0.1) is 0 Å². The molecule has 31 heavy (non-hydrogen) atoms. The summed E-state index contributed by atoms with van der Waals surface area (Å²) in [5.41, 5.74) is 7.22. The Labute approximate surface area is 188 Å². The van der Waals surface area contributed by atoms with E-state index in [0.29, 0.717) is 6.54 Å². The molecule has 4 nitrogen and oxygen atoms in total. The highest BCUT2D eigenvalue weighted by molar-refractivity contribution is 6.31. The summed E-state index contributed by atoms with van der Waals surface area (Å²) in [4.78, 5) is 6.88. The van der Waals surface area contributed by atoms with Gasteiger partial charge in [0.05, 0.1) is 18.4 Å². The van der Waals surface area contributed by atoms with Crippen LogP contribution in [0.2, 0.25) is 5.02 Å². The van der Waals surface area contributed by atoms with Crippen LogP contribution < -0.4 is 0 Å². The summed E-state index contributed by atoms with van der Waals surface area (Å²) in [6, 6.07) is 21.0. The van der Waals surface area contributed by atoms with E-state index in [1.54, 1.807) is 0 Å². The van der Waals surface area contributed by atoms with Crippen LogP contribution in [0.5, 0.6) is 0 Å². The van der Waals surface area contributed by atoms with Gasteiger partial charge in [-0.15, -0.1) is 0 Å². The first-order valence-corrected chi connectivity index (χ1v) is 11.1. The van der Waals surface area contributed by atoms with Gasteiger partial charge < -0.3 is 0 Å². The van der Waals surface area contributed by atoms with Gasteiger partial charge in [0.1, 0.15) is 0 Å². The van der Waals surface area contributed by atoms with E-state index in [2.05, 4.69) is 63.6 Å². The number of benzene rings is 2. The molecule has 156 valence electrons. The molecule has 0 radical (unpaired) electrons. The second-order valence-corrected chi connectivity index (χ2v) is 8.55. The standard InChI is InChI=1S/C26H25ClN4/c27-26-14-21(23-15-29-31(17-23)18-24-10-4-5-11-28-24)13-22-16-30(19-25(22)26)12-6-9-20-7-2-1-3-8-20/h1-5,7-8,10-11,13-15,17H,6,9,12,16,18-19H2. The lowest BCUT2D eigenvalue weighted by molar-refractivity contribution is 0.280. The van der Waals surface area contributed by atoms with Crippen molar-refractivity contribution in [3.63, 3.8) is 0 Å². The maximum absolute atomic E-state index is 6.69. The number of nitrogens with zero attached hydrogens (tertiary/aromatic N) is 4. The van der Waals surface area contributed by atoms with Gasteiger partial charge in [-0.1, -0.05) is 48.0 Å². The maximum Gasteiger partial charge on any atom is 0.0831 e. The Bertz CT molecular complexity index is 1150. The average molecular weight is 429 g/mol. The Morgan fingerprint density at radius 3 is 2.65 bits per heavy atom. The number of halogens is 1. The SMILES string of the molecule is Clc1cc(-c2cnn(Cc3ccccn3)c2)cc2c1CN(CCCc1ccccc1)C2. The molecular formula is C26H25ClN4. The monoisotopic (exact) mass is 428 g/mol. The van der Waals surface area contributed by atoms with Gasteiger partial charge in [0.25, 0.3) is 0 Å². The molecular weight excluding hydrogens is 404 g/mol. The van der Waals surface area contributed by atoms with Crippen LogP contribution in [-0.2, 0) is 26.1 Å². The number of hydrogen-bond donors (Lipinski definition) is 0. The lowest BCUT2D eigenvalue weighted by atomic mass is 10.0. The topological polar surface area (TPSA) is 34.0 Å². The molecule has 2 aromatic heterocycles. The molecule has 5 rings (SSSR count). The van der Waals surface area contributed by atoms with Crippen molar-refractivity contribution in [1.82, 2.24) is 19.7 Å². The fraction of sp³-hybridized carbons (Fsp3) is 0.231. The minimum atomic E-state index is 0.661. The number of fused-ring (bicyclic) bond motifs is 1. The Hall–Kier alpha value is -2.95. The molecule has 0 atom stereocenters. The Morgan fingerprint density at radius 1 is 0.935 bits per heavy atom. The van der Waals surface area contributed by atoms with Crippen LogP contribution in [0.3, 0.4) is 0 Å². The van der Waals surface area contributed by atoms with Crippen molar-refractivity contribution >= 4 is 11.6 Å². The van der Waals surface area contributed by atoms with Crippen molar-refractivity contribution in [3.8, 4) is 11.1 Å². The van der Waals surface area contributed by atoms with Crippen molar-refractivity contribution in [1.29, 1.82) is 0 Å². The molecule has 0 N–H and O–H groups in total. The molecule has 0 saturated carbocycles. The van der Waals surface area contributed by atoms with E-state index in [4.69, 9.17) is 11.6 Å². The number of pyridine rings is 1. The Kier molecular flexibility index (Phi) is 5.83. The molecule has 0 aliphatic carbocycles. The predicted molar refractivity (Wildman–Crippen MR) is 125 cm³/mol. The van der Waals surface area contributed by atoms with Gasteiger partial charge in [0.15, 0.2) is 0 Å². The Morgan fingerprint density at radius 2 is 1.81 bits per heavy atom. The number of aromatic nitrogens is 3. The molecule has 0 amide bonds. The summed E-state index contributed by atoms with van der Waals surface area (Å²) in [6.07, 6.45) is 8.06. The van der Waals surface area contributed by atoms with Crippen molar-refractivity contribution < 1.29 is 0 Å². The van der Waals surface area contributed by atoms with Crippen LogP contribution in [0.1, 0.15) is 28.8 Å². The number of hydrogen-bond acceptors (Lipinski definition) is 3. The zero-order chi connectivity index (χ0) is 21.0. The highest BCUT2D eigenvalue weighted by Crippen LogP contribution is 2.34. The molecule has 1 aliphatic rings. The van der Waals surface area contributed by atoms with Crippen molar-refractivity contribution in [3.05, 3.63) is 107 Å². The van der Waals surface area contributed by atoms with Crippen LogP contribution in [0.25, 0.3) is 11.1 Å². The highest BCUT2D eigenvalue weighted by Gasteiger charge is 2.22. The van der Waals surface area contributed by atoms with Gasteiger partial charge in [-0.3, -0.25) is 14.6 Å². The predicted octanol–water partition coefficient (Wildman–Crippen LogP) is 5.60. The first-order valence-electron chi connectivity index (χ1n) is 10.7. The molecule has 0 bridgehead atoms. The van der Waals surface area contributed by atoms with Gasteiger partial charge in [0, 0.05) is 36.1 Å². The van der Waals surface area contributed by atoms with E-state index in [1.165, 1.54) is 16.7 Å². The van der Waals surface area contributed by atoms with Gasteiger partial charge in [-0.05, 0) is 65.9 Å². The van der Waals surface area contributed by atoms with Crippen LogP contribution in [0.15, 0.2) is 79.3 Å². The minimum Gasteiger partial charge on any atom is -0.295 e. The molecule has 4 aromatic rings. The number of aryl methyl sites for hydroxylation is 1. The first kappa shape index (κ1) is 20.0. The van der Waals surface area contributed by atoms with E-state index in [1.807, 2.05) is 35.3 Å². The second-order valence-electron chi connectivity index (χ2n) is 8.14. The smallest absolute Gasteiger partial charge is 0.0831 e. The molecule has 5 heteroatoms. The van der Waals surface area contributed by atoms with E-state index < -0.39 is 0 Å². The van der Waals surface area contributed by atoms with Crippen LogP contribution >= 0.6 is 11.6 Å². The summed E-state index contributed by atoms with van der Waals surface area (Å²) >= 11 is 6.69. The summed E-state index contributed by atoms with van der Waals surface area (Å²) in [7, 11) is 0. The largest absolute Gasteiger partial charge is 0.295 e. The zero-order valence-corrected chi connectivity index (χ0v) is 18.2. The van der Waals surface area contributed by atoms with Gasteiger partial charge in [0.2, 0.25) is 0 Å². The average Bonchev–Trinajstić information content (AvgIpc) is 3.42. The first-order chi connectivity index (χ1) is 15.2. The third-order valence-corrected chi connectivity index (χ3v) is 6.20. The third-order valence-electron chi connectivity index (χ3n) is 5.86. The highest BCUT2D eigenvalue weighted by atomic mass is 35.5. The summed E-state index contributed by atoms with van der Waals surface area (Å²) in [6.45, 7) is 3.63. The lowest BCUT2D eigenvalue weighted by Gasteiger charge is -2.14. The fourth-order valence-electron chi connectivity index (χ4n) is 4.27. The van der Waals surface area contributed by atoms with E-state index in [-0.39, 0.29) is 0 Å². The quantitative estimate of drug-likeness (QED) is 0.384. The molecule has 0 fully saturated rings. The number of rotatable bonds is 7. The Balaban J connectivity index is 1.25. The van der Waals surface area contributed by atoms with E-state index >= 15 is 0 Å². The van der Waals surface area contributed by atoms with Gasteiger partial charge in [-0.2, -0.15) is 5.10 Å². The van der Waals surface area contributed by atoms with Crippen molar-refractivity contribution in [2.24, 2.45) is 0 Å². The zero-order valence-electron chi connectivity index (χ0n) is 17.4. The normalized spacial score (nSPS) is 13.5. The lowest BCUT2D eigenvalue weighted by Crippen LogP contribution is -2.18. The van der Waals surface area contributed by atoms with Gasteiger partial charge in [-0.25, -0.2) is 0 Å². The molecule has 0 unspecified atom stereocenters. The summed E-state index contributed by atoms with van der Waals surface area (Å²) in [5, 5.41) is 5.38. The van der Waals surface area contributed by atoms with E-state index in [9.17, 15) is 0 Å². The molecule has 2 aromatic carbocycles. The van der Waals surface area contributed by atoms with Crippen LogP contribution in [-0.4, -0.2) is 26.2 Å². The molecule has 0 spiro atoms. The fourth-order valence-corrected chi connectivity index (χ4v) is 4.56. The van der Waals surface area contributed by atoms with Crippen LogP contribution in [0.4, 0.5) is 0 Å². The molecule has 1 aliphatic heterocycles. The molecule has 3 heterocycles. The second kappa shape index (κ2) is 9.04. The van der Waals surface area contributed by atoms with Gasteiger partial charge >= 0.3 is 0 Å². The van der Waals surface area contributed by atoms with Crippen molar-refractivity contribution in [2.45, 2.75) is 32.5 Å². The maximum atomic E-state index is 6.69. The summed E-state index contributed by atoms with van der Waals surface area (Å²) < 4.78 is 1.93. The van der Waals surface area contributed by atoms with Crippen molar-refractivity contribution in [2.75, 3.05) is 6.54 Å². The minimum absolute atomic E-state index is 0.661. The van der Waals surface area contributed by atoms with E-state index in [0.717, 1.165) is 54.3 Å². The molecule has 0 saturated heterocycles. The summed E-state index contributed by atoms with van der Waals surface area (Å²) in [5.74, 6) is 0.